The summed E-state index contributed by atoms with van der Waals surface area (Å²) in [7, 11) is 1.37. The molecule has 1 unspecified atom stereocenters. The average Bonchev–Trinajstić information content (AvgIpc) is 3.10. The topological polar surface area (TPSA) is 46.6 Å². The number of fused-ring (bicyclic) bond motifs is 1. The van der Waals surface area contributed by atoms with Crippen LogP contribution < -0.4 is 0 Å². The molecule has 1 aliphatic heterocycles. The minimum Gasteiger partial charge on any atom is -0.467 e. The quantitative estimate of drug-likeness (QED) is 0.800. The molecule has 0 spiro atoms. The van der Waals surface area contributed by atoms with E-state index in [-0.39, 0.29) is 11.9 Å². The van der Waals surface area contributed by atoms with Gasteiger partial charge < -0.3 is 9.64 Å². The lowest BCUT2D eigenvalue weighted by Gasteiger charge is -2.21. The van der Waals surface area contributed by atoms with Crippen molar-refractivity contribution in [2.24, 2.45) is 0 Å². The van der Waals surface area contributed by atoms with E-state index in [1.807, 2.05) is 17.5 Å². The fourth-order valence-electron chi connectivity index (χ4n) is 2.40. The minimum absolute atomic E-state index is 0.0544. The molecule has 2 aromatic heterocycles. The van der Waals surface area contributed by atoms with E-state index in [4.69, 9.17) is 4.74 Å². The highest BCUT2D eigenvalue weighted by Crippen LogP contribution is 2.32. The summed E-state index contributed by atoms with van der Waals surface area (Å²) in [4.78, 5) is 26.5. The number of carbonyl (C=O) groups is 2. The number of carbonyl (C=O) groups excluding carboxylic acids is 2. The van der Waals surface area contributed by atoms with E-state index in [0.29, 0.717) is 17.8 Å². The summed E-state index contributed by atoms with van der Waals surface area (Å²) in [6, 6.07) is 3.51. The van der Waals surface area contributed by atoms with Gasteiger partial charge in [-0.2, -0.15) is 0 Å². The second-order valence-electron chi connectivity index (χ2n) is 4.44. The van der Waals surface area contributed by atoms with Gasteiger partial charge in [0.05, 0.1) is 12.0 Å². The summed E-state index contributed by atoms with van der Waals surface area (Å²) in [6.07, 6.45) is 1.55. The zero-order valence-electron chi connectivity index (χ0n) is 10.4. The SMILES string of the molecule is COC(=O)C1CCCN1C(=O)c1cc2sccc2s1. The maximum absolute atomic E-state index is 12.5. The molecule has 3 heterocycles. The highest BCUT2D eigenvalue weighted by atomic mass is 32.1. The molecule has 0 aliphatic carbocycles. The number of methoxy groups -OCH3 is 1. The van der Waals surface area contributed by atoms with Crippen LogP contribution in [0, 0.1) is 0 Å². The van der Waals surface area contributed by atoms with E-state index in [1.165, 1.54) is 18.4 Å². The summed E-state index contributed by atoms with van der Waals surface area (Å²) in [5, 5.41) is 2.02. The number of rotatable bonds is 2. The first-order valence-electron chi connectivity index (χ1n) is 6.06. The molecule has 0 bridgehead atoms. The molecule has 4 nitrogen and oxygen atoms in total. The van der Waals surface area contributed by atoms with Gasteiger partial charge in [0.15, 0.2) is 0 Å². The molecule has 3 rings (SSSR count). The van der Waals surface area contributed by atoms with Crippen LogP contribution in [0.5, 0.6) is 0 Å². The standard InChI is InChI=1S/C13H13NO3S2/c1-17-13(16)8-3-2-5-14(8)12(15)11-7-10-9(19-11)4-6-18-10/h4,6-8H,2-3,5H2,1H3. The Morgan fingerprint density at radius 1 is 1.42 bits per heavy atom. The number of ether oxygens (including phenoxy) is 1. The summed E-state index contributed by atoms with van der Waals surface area (Å²) in [5.74, 6) is -0.370. The van der Waals surface area contributed by atoms with Crippen molar-refractivity contribution in [2.75, 3.05) is 13.7 Å². The molecule has 2 aromatic rings. The van der Waals surface area contributed by atoms with Crippen molar-refractivity contribution in [3.63, 3.8) is 0 Å². The number of likely N-dealkylation sites (tertiary alicyclic amines) is 1. The van der Waals surface area contributed by atoms with Gasteiger partial charge in [0.25, 0.3) is 5.91 Å². The third-order valence-corrected chi connectivity index (χ3v) is 5.42. The molecule has 1 amide bonds. The Kier molecular flexibility index (Phi) is 3.28. The van der Waals surface area contributed by atoms with Crippen LogP contribution in [0.3, 0.4) is 0 Å². The Hall–Kier alpha value is -1.40. The zero-order chi connectivity index (χ0) is 13.4. The van der Waals surface area contributed by atoms with E-state index in [2.05, 4.69) is 0 Å². The van der Waals surface area contributed by atoms with Gasteiger partial charge in [-0.25, -0.2) is 4.79 Å². The van der Waals surface area contributed by atoms with Gasteiger partial charge in [0.2, 0.25) is 0 Å². The monoisotopic (exact) mass is 295 g/mol. The summed E-state index contributed by atoms with van der Waals surface area (Å²) >= 11 is 3.12. The number of nitrogens with zero attached hydrogens (tertiary/aromatic N) is 1. The van der Waals surface area contributed by atoms with Crippen molar-refractivity contribution >= 4 is 43.9 Å². The number of esters is 1. The van der Waals surface area contributed by atoms with Gasteiger partial charge in [-0.3, -0.25) is 4.79 Å². The molecule has 0 radical (unpaired) electrons. The smallest absolute Gasteiger partial charge is 0.328 e. The highest BCUT2D eigenvalue weighted by Gasteiger charge is 2.35. The lowest BCUT2D eigenvalue weighted by molar-refractivity contribution is -0.145. The normalized spacial score (nSPS) is 19.0. The third kappa shape index (κ3) is 2.15. The van der Waals surface area contributed by atoms with Crippen molar-refractivity contribution < 1.29 is 14.3 Å². The van der Waals surface area contributed by atoms with Crippen LogP contribution in [0.15, 0.2) is 17.5 Å². The molecule has 1 aliphatic rings. The third-order valence-electron chi connectivity index (χ3n) is 3.34. The molecule has 100 valence electrons. The van der Waals surface area contributed by atoms with Crippen LogP contribution in [-0.2, 0) is 9.53 Å². The fraction of sp³-hybridized carbons (Fsp3) is 0.385. The van der Waals surface area contributed by atoms with Crippen LogP contribution in [-0.4, -0.2) is 36.5 Å². The number of thiophene rings is 2. The molecule has 1 atom stereocenters. The van der Waals surface area contributed by atoms with Crippen molar-refractivity contribution in [3.05, 3.63) is 22.4 Å². The Labute approximate surface area is 118 Å². The number of amides is 1. The van der Waals surface area contributed by atoms with E-state index in [9.17, 15) is 9.59 Å². The second-order valence-corrected chi connectivity index (χ2v) is 6.47. The van der Waals surface area contributed by atoms with Crippen LogP contribution in [0.2, 0.25) is 0 Å². The average molecular weight is 295 g/mol. The van der Waals surface area contributed by atoms with Crippen molar-refractivity contribution in [3.8, 4) is 0 Å². The summed E-state index contributed by atoms with van der Waals surface area (Å²) in [5.41, 5.74) is 0. The molecule has 0 N–H and O–H groups in total. The Bertz CT molecular complexity index is 602. The van der Waals surface area contributed by atoms with E-state index in [1.54, 1.807) is 16.2 Å². The first kappa shape index (κ1) is 12.6. The molecular formula is C13H13NO3S2. The highest BCUT2D eigenvalue weighted by molar-refractivity contribution is 7.27. The molecule has 1 saturated heterocycles. The Balaban J connectivity index is 1.86. The van der Waals surface area contributed by atoms with Crippen molar-refractivity contribution in [1.82, 2.24) is 4.90 Å². The van der Waals surface area contributed by atoms with Gasteiger partial charge in [0, 0.05) is 15.9 Å². The minimum atomic E-state index is -0.419. The zero-order valence-corrected chi connectivity index (χ0v) is 12.1. The number of hydrogen-bond donors (Lipinski definition) is 0. The summed E-state index contributed by atoms with van der Waals surface area (Å²) < 4.78 is 7.02. The largest absolute Gasteiger partial charge is 0.467 e. The van der Waals surface area contributed by atoms with Crippen LogP contribution in [0.25, 0.3) is 9.40 Å². The van der Waals surface area contributed by atoms with Gasteiger partial charge in [-0.15, -0.1) is 22.7 Å². The first-order valence-corrected chi connectivity index (χ1v) is 7.76. The van der Waals surface area contributed by atoms with Gasteiger partial charge in [-0.05, 0) is 30.4 Å². The van der Waals surface area contributed by atoms with E-state index >= 15 is 0 Å². The van der Waals surface area contributed by atoms with Crippen molar-refractivity contribution in [1.29, 1.82) is 0 Å². The van der Waals surface area contributed by atoms with Crippen LogP contribution in [0.4, 0.5) is 0 Å². The van der Waals surface area contributed by atoms with Gasteiger partial charge in [0.1, 0.15) is 6.04 Å². The maximum Gasteiger partial charge on any atom is 0.328 e. The predicted molar refractivity (Wildman–Crippen MR) is 75.8 cm³/mol. The van der Waals surface area contributed by atoms with E-state index < -0.39 is 6.04 Å². The lowest BCUT2D eigenvalue weighted by atomic mass is 10.2. The van der Waals surface area contributed by atoms with Gasteiger partial charge >= 0.3 is 5.97 Å². The van der Waals surface area contributed by atoms with Crippen LogP contribution in [0.1, 0.15) is 22.5 Å². The second kappa shape index (κ2) is 4.94. The van der Waals surface area contributed by atoms with Crippen LogP contribution >= 0.6 is 22.7 Å². The molecule has 1 fully saturated rings. The maximum atomic E-state index is 12.5. The molecule has 6 heteroatoms. The fourth-order valence-corrected chi connectivity index (χ4v) is 4.47. The molecule has 0 saturated carbocycles. The predicted octanol–water partition coefficient (Wildman–Crippen LogP) is 2.74. The number of hydrogen-bond acceptors (Lipinski definition) is 5. The molecular weight excluding hydrogens is 282 g/mol. The molecule has 19 heavy (non-hydrogen) atoms. The Morgan fingerprint density at radius 3 is 3.00 bits per heavy atom. The lowest BCUT2D eigenvalue weighted by Crippen LogP contribution is -2.40. The molecule has 0 aromatic carbocycles. The Morgan fingerprint density at radius 2 is 2.26 bits per heavy atom. The first-order chi connectivity index (χ1) is 9.20. The summed E-state index contributed by atoms with van der Waals surface area (Å²) in [6.45, 7) is 0.629. The van der Waals surface area contributed by atoms with Crippen molar-refractivity contribution in [2.45, 2.75) is 18.9 Å². The van der Waals surface area contributed by atoms with Gasteiger partial charge in [-0.1, -0.05) is 0 Å². The van der Waals surface area contributed by atoms with E-state index in [0.717, 1.165) is 15.8 Å².